The number of methoxy groups -OCH3 is 1. The Balaban J connectivity index is 1.85. The summed E-state index contributed by atoms with van der Waals surface area (Å²) in [5.74, 6) is 0.832. The molecule has 0 aliphatic heterocycles. The smallest absolute Gasteiger partial charge is 0.170 e. The maximum absolute atomic E-state index is 5.40. The lowest BCUT2D eigenvalue weighted by Gasteiger charge is -2.23. The van der Waals surface area contributed by atoms with Gasteiger partial charge in [0.15, 0.2) is 5.11 Å². The van der Waals surface area contributed by atoms with Crippen LogP contribution >= 0.6 is 12.2 Å². The molecule has 0 amide bonds. The highest BCUT2D eigenvalue weighted by Crippen LogP contribution is 2.14. The molecule has 2 aromatic rings. The van der Waals surface area contributed by atoms with E-state index >= 15 is 0 Å². The fraction of sp³-hybridized carbons (Fsp3) is 0.316. The summed E-state index contributed by atoms with van der Waals surface area (Å²) in [5.41, 5.74) is 2.30. The summed E-state index contributed by atoms with van der Waals surface area (Å²) >= 11 is 5.40. The van der Waals surface area contributed by atoms with Gasteiger partial charge in [-0.15, -0.1) is 0 Å². The zero-order valence-corrected chi connectivity index (χ0v) is 15.3. The molecular weight excluding hydrogens is 318 g/mol. The number of ether oxygens (including phenoxy) is 1. The highest BCUT2D eigenvalue weighted by molar-refractivity contribution is 7.80. The molecule has 0 saturated heterocycles. The number of anilines is 1. The molecule has 1 atom stereocenters. The molecule has 3 N–H and O–H groups in total. The first-order chi connectivity index (χ1) is 11.6. The summed E-state index contributed by atoms with van der Waals surface area (Å²) < 4.78 is 5.16. The maximum atomic E-state index is 5.40. The van der Waals surface area contributed by atoms with E-state index in [1.165, 1.54) is 10.5 Å². The SMILES string of the molecule is COc1ccc(NC(=S)NC[C@@H](Cc2ccccc2)[NH+](C)C)cc1. The second-order valence-electron chi connectivity index (χ2n) is 6.03. The number of hydrogen-bond donors (Lipinski definition) is 3. The summed E-state index contributed by atoms with van der Waals surface area (Å²) in [6.45, 7) is 0.819. The van der Waals surface area contributed by atoms with Crippen molar-refractivity contribution < 1.29 is 9.64 Å². The molecule has 0 aliphatic carbocycles. The summed E-state index contributed by atoms with van der Waals surface area (Å²) in [5, 5.41) is 7.17. The molecule has 0 aliphatic rings. The van der Waals surface area contributed by atoms with E-state index in [1.54, 1.807) is 7.11 Å². The average molecular weight is 345 g/mol. The monoisotopic (exact) mass is 344 g/mol. The van der Waals surface area contributed by atoms with E-state index in [4.69, 9.17) is 17.0 Å². The Morgan fingerprint density at radius 2 is 1.75 bits per heavy atom. The fourth-order valence-electron chi connectivity index (χ4n) is 2.44. The number of rotatable bonds is 7. The van der Waals surface area contributed by atoms with Crippen molar-refractivity contribution in [3.05, 3.63) is 60.2 Å². The quantitative estimate of drug-likeness (QED) is 0.669. The van der Waals surface area contributed by atoms with Gasteiger partial charge in [0, 0.05) is 12.1 Å². The largest absolute Gasteiger partial charge is 0.497 e. The summed E-state index contributed by atoms with van der Waals surface area (Å²) in [6, 6.07) is 18.7. The van der Waals surface area contributed by atoms with Crippen molar-refractivity contribution in [2.75, 3.05) is 33.1 Å². The molecule has 2 rings (SSSR count). The van der Waals surface area contributed by atoms with Crippen molar-refractivity contribution in [2.45, 2.75) is 12.5 Å². The molecule has 0 spiro atoms. The topological polar surface area (TPSA) is 37.7 Å². The Hall–Kier alpha value is -2.11. The van der Waals surface area contributed by atoms with E-state index in [1.807, 2.05) is 30.3 Å². The second kappa shape index (κ2) is 9.25. The van der Waals surface area contributed by atoms with Gasteiger partial charge in [0.1, 0.15) is 11.8 Å². The van der Waals surface area contributed by atoms with Crippen LogP contribution < -0.4 is 20.3 Å². The fourth-order valence-corrected chi connectivity index (χ4v) is 2.65. The van der Waals surface area contributed by atoms with Crippen LogP contribution in [0.3, 0.4) is 0 Å². The van der Waals surface area contributed by atoms with Crippen LogP contribution in [0.15, 0.2) is 54.6 Å². The Morgan fingerprint density at radius 1 is 1.08 bits per heavy atom. The summed E-state index contributed by atoms with van der Waals surface area (Å²) in [7, 11) is 6.01. The van der Waals surface area contributed by atoms with Crippen LogP contribution in [0, 0.1) is 0 Å². The lowest BCUT2D eigenvalue weighted by molar-refractivity contribution is -0.884. The number of quaternary nitrogens is 1. The van der Waals surface area contributed by atoms with Gasteiger partial charge < -0.3 is 20.3 Å². The van der Waals surface area contributed by atoms with Gasteiger partial charge in [-0.25, -0.2) is 0 Å². The molecule has 0 radical (unpaired) electrons. The van der Waals surface area contributed by atoms with Crippen molar-refractivity contribution in [1.82, 2.24) is 5.32 Å². The molecule has 4 nitrogen and oxygen atoms in total. The minimum absolute atomic E-state index is 0.447. The molecular formula is C19H26N3OS+. The van der Waals surface area contributed by atoms with Crippen molar-refractivity contribution >= 4 is 23.0 Å². The van der Waals surface area contributed by atoms with E-state index < -0.39 is 0 Å². The van der Waals surface area contributed by atoms with Crippen molar-refractivity contribution in [3.8, 4) is 5.75 Å². The number of hydrogen-bond acceptors (Lipinski definition) is 2. The highest BCUT2D eigenvalue weighted by Gasteiger charge is 2.16. The molecule has 0 fully saturated rings. The van der Waals surface area contributed by atoms with Crippen molar-refractivity contribution in [2.24, 2.45) is 0 Å². The van der Waals surface area contributed by atoms with Gasteiger partial charge in [0.2, 0.25) is 0 Å². The minimum atomic E-state index is 0.447. The van der Waals surface area contributed by atoms with Crippen LogP contribution in [0.25, 0.3) is 0 Å². The Kier molecular flexibility index (Phi) is 7.03. The first kappa shape index (κ1) is 18.2. The first-order valence-electron chi connectivity index (χ1n) is 8.11. The minimum Gasteiger partial charge on any atom is -0.497 e. The lowest BCUT2D eigenvalue weighted by atomic mass is 10.1. The van der Waals surface area contributed by atoms with E-state index in [-0.39, 0.29) is 0 Å². The normalized spacial score (nSPS) is 11.8. The van der Waals surface area contributed by atoms with E-state index in [2.05, 4.69) is 49.0 Å². The first-order valence-corrected chi connectivity index (χ1v) is 8.52. The third kappa shape index (κ3) is 5.83. The van der Waals surface area contributed by atoms with Crippen LogP contribution in [0.4, 0.5) is 5.69 Å². The second-order valence-corrected chi connectivity index (χ2v) is 6.44. The number of thiocarbonyl (C=S) groups is 1. The van der Waals surface area contributed by atoms with E-state index in [9.17, 15) is 0 Å². The summed E-state index contributed by atoms with van der Waals surface area (Å²) in [4.78, 5) is 1.40. The van der Waals surface area contributed by atoms with Crippen LogP contribution in [-0.4, -0.2) is 38.9 Å². The third-order valence-corrected chi connectivity index (χ3v) is 4.24. The Morgan fingerprint density at radius 3 is 2.33 bits per heavy atom. The standard InChI is InChI=1S/C19H25N3OS/c1-22(2)17(13-15-7-5-4-6-8-15)14-20-19(24)21-16-9-11-18(23-3)12-10-16/h4-12,17H,13-14H2,1-3H3,(H2,20,21,24)/p+1/t17-/m1/s1. The molecule has 5 heteroatoms. The molecule has 0 bridgehead atoms. The predicted octanol–water partition coefficient (Wildman–Crippen LogP) is 1.74. The van der Waals surface area contributed by atoms with Gasteiger partial charge in [0.05, 0.1) is 27.7 Å². The summed E-state index contributed by atoms with van der Waals surface area (Å²) in [6.07, 6.45) is 1.02. The molecule has 128 valence electrons. The molecule has 0 saturated carbocycles. The van der Waals surface area contributed by atoms with Crippen LogP contribution in [0.5, 0.6) is 5.75 Å². The molecule has 0 heterocycles. The van der Waals surface area contributed by atoms with Crippen molar-refractivity contribution in [3.63, 3.8) is 0 Å². The van der Waals surface area contributed by atoms with E-state index in [0.717, 1.165) is 24.4 Å². The van der Waals surface area contributed by atoms with Crippen molar-refractivity contribution in [1.29, 1.82) is 0 Å². The van der Waals surface area contributed by atoms with Gasteiger partial charge in [-0.05, 0) is 42.0 Å². The molecule has 24 heavy (non-hydrogen) atoms. The third-order valence-electron chi connectivity index (χ3n) is 4.00. The van der Waals surface area contributed by atoms with Gasteiger partial charge >= 0.3 is 0 Å². The molecule has 0 aromatic heterocycles. The van der Waals surface area contributed by atoms with Crippen LogP contribution in [-0.2, 0) is 6.42 Å². The van der Waals surface area contributed by atoms with Crippen LogP contribution in [0.1, 0.15) is 5.56 Å². The molecule has 2 aromatic carbocycles. The number of likely N-dealkylation sites (N-methyl/N-ethyl adjacent to an activating group) is 1. The van der Waals surface area contributed by atoms with Gasteiger partial charge in [-0.1, -0.05) is 30.3 Å². The van der Waals surface area contributed by atoms with E-state index in [0.29, 0.717) is 11.2 Å². The van der Waals surface area contributed by atoms with Crippen LogP contribution in [0.2, 0.25) is 0 Å². The molecule has 0 unspecified atom stereocenters. The zero-order valence-electron chi connectivity index (χ0n) is 14.5. The Labute approximate surface area is 149 Å². The highest BCUT2D eigenvalue weighted by atomic mass is 32.1. The van der Waals surface area contributed by atoms with Gasteiger partial charge in [-0.2, -0.15) is 0 Å². The average Bonchev–Trinajstić information content (AvgIpc) is 2.60. The van der Waals surface area contributed by atoms with Gasteiger partial charge in [-0.3, -0.25) is 0 Å². The number of benzene rings is 2. The number of nitrogens with one attached hydrogen (secondary N) is 3. The maximum Gasteiger partial charge on any atom is 0.170 e. The van der Waals surface area contributed by atoms with Gasteiger partial charge in [0.25, 0.3) is 0 Å². The Bertz CT molecular complexity index is 629. The predicted molar refractivity (Wildman–Crippen MR) is 104 cm³/mol. The lowest BCUT2D eigenvalue weighted by Crippen LogP contribution is -3.11. The zero-order chi connectivity index (χ0) is 17.4.